The summed E-state index contributed by atoms with van der Waals surface area (Å²) in [6.45, 7) is 6.49. The summed E-state index contributed by atoms with van der Waals surface area (Å²) in [4.78, 5) is 0. The number of hydrogen-bond donors (Lipinski definition) is 1. The van der Waals surface area contributed by atoms with Crippen LogP contribution in [0.1, 0.15) is 6.42 Å². The molecule has 0 aromatic rings. The van der Waals surface area contributed by atoms with E-state index in [1.54, 1.807) is 0 Å². The van der Waals surface area contributed by atoms with Crippen LogP contribution in [0.4, 0.5) is 0 Å². The summed E-state index contributed by atoms with van der Waals surface area (Å²) in [5.41, 5.74) is 0. The number of rotatable bonds is 0. The van der Waals surface area contributed by atoms with Gasteiger partial charge in [-0.1, -0.05) is 0 Å². The van der Waals surface area contributed by atoms with E-state index in [1.807, 2.05) is 0 Å². The molecule has 0 bridgehead atoms. The van der Waals surface area contributed by atoms with Gasteiger partial charge in [-0.2, -0.15) is 0 Å². The van der Waals surface area contributed by atoms with Gasteiger partial charge in [0.1, 0.15) is 0 Å². The van der Waals surface area contributed by atoms with Gasteiger partial charge in [0, 0.05) is 0 Å². The predicted molar refractivity (Wildman–Crippen MR) is 38.7 cm³/mol. The van der Waals surface area contributed by atoms with Crippen LogP contribution in [0.5, 0.6) is 0 Å². The first-order valence-corrected chi connectivity index (χ1v) is 6.00. The first kappa shape index (κ1) is 6.47. The number of hydrogen-bond acceptors (Lipinski definition) is 2. The van der Waals surface area contributed by atoms with Gasteiger partial charge in [-0.05, 0) is 0 Å². The van der Waals surface area contributed by atoms with Crippen molar-refractivity contribution in [2.24, 2.45) is 0 Å². The molecule has 1 aliphatic rings. The molecule has 1 heterocycles. The van der Waals surface area contributed by atoms with Crippen molar-refractivity contribution in [3.8, 4) is 0 Å². The molecule has 0 saturated carbocycles. The van der Waals surface area contributed by atoms with E-state index in [0.717, 1.165) is 13.2 Å². The zero-order valence-corrected chi connectivity index (χ0v) is 6.53. The summed E-state index contributed by atoms with van der Waals surface area (Å²) < 4.78 is 5.49. The molecule has 0 aliphatic carbocycles. The molecule has 0 amide bonds. The van der Waals surface area contributed by atoms with Gasteiger partial charge in [0.05, 0.1) is 0 Å². The molecule has 0 spiro atoms. The Morgan fingerprint density at radius 1 is 1.50 bits per heavy atom. The first-order valence-electron chi connectivity index (χ1n) is 3.10. The van der Waals surface area contributed by atoms with Crippen LogP contribution in [-0.4, -0.2) is 26.5 Å². The van der Waals surface area contributed by atoms with Crippen molar-refractivity contribution in [3.05, 3.63) is 0 Å². The summed E-state index contributed by atoms with van der Waals surface area (Å²) in [6, 6.07) is 0. The van der Waals surface area contributed by atoms with E-state index in [0.29, 0.717) is 0 Å². The molecule has 0 radical (unpaired) electrons. The van der Waals surface area contributed by atoms with Crippen LogP contribution in [0.25, 0.3) is 0 Å². The van der Waals surface area contributed by atoms with Crippen LogP contribution in [0.15, 0.2) is 0 Å². The van der Waals surface area contributed by atoms with E-state index in [-0.39, 0.29) is 0 Å². The molecule has 0 atom stereocenters. The summed E-state index contributed by atoms with van der Waals surface area (Å²) in [5, 5.41) is 3.38. The SMILES string of the molecule is C[PH]1(C)NCCCO1. The molecule has 2 nitrogen and oxygen atoms in total. The van der Waals surface area contributed by atoms with E-state index >= 15 is 0 Å². The second-order valence-electron chi connectivity index (χ2n) is 2.64. The molecular weight excluding hydrogens is 121 g/mol. The molecule has 0 aromatic carbocycles. The first-order chi connectivity index (χ1) is 3.71. The van der Waals surface area contributed by atoms with E-state index in [2.05, 4.69) is 18.4 Å². The van der Waals surface area contributed by atoms with E-state index in [1.165, 1.54) is 6.42 Å². The number of nitrogens with one attached hydrogen (secondary N) is 1. The molecule has 1 rings (SSSR count). The van der Waals surface area contributed by atoms with E-state index in [4.69, 9.17) is 4.52 Å². The minimum atomic E-state index is -1.34. The van der Waals surface area contributed by atoms with Gasteiger partial charge in [0.25, 0.3) is 0 Å². The Bertz CT molecular complexity index is 76.5. The molecule has 1 saturated heterocycles. The Balaban J connectivity index is 2.33. The summed E-state index contributed by atoms with van der Waals surface area (Å²) in [7, 11) is -1.34. The quantitative estimate of drug-likeness (QED) is 0.497. The van der Waals surface area contributed by atoms with E-state index in [9.17, 15) is 0 Å². The molecular formula is C5H14NOP. The van der Waals surface area contributed by atoms with E-state index < -0.39 is 7.64 Å². The Kier molecular flexibility index (Phi) is 1.86. The standard InChI is InChI=1S/C5H14NOP/c1-8(2)6-4-3-5-7-8/h6,8H,3-5H2,1-2H3. The average Bonchev–Trinajstić information content (AvgIpc) is 1.65. The van der Waals surface area contributed by atoms with Crippen LogP contribution in [0.2, 0.25) is 0 Å². The van der Waals surface area contributed by atoms with Gasteiger partial charge in [0.2, 0.25) is 0 Å². The van der Waals surface area contributed by atoms with Crippen molar-refractivity contribution in [2.75, 3.05) is 26.5 Å². The van der Waals surface area contributed by atoms with Crippen LogP contribution >= 0.6 is 7.64 Å². The maximum absolute atomic E-state index is 5.49. The van der Waals surface area contributed by atoms with Gasteiger partial charge in [0.15, 0.2) is 0 Å². The van der Waals surface area contributed by atoms with Crippen LogP contribution in [-0.2, 0) is 4.52 Å². The van der Waals surface area contributed by atoms with Crippen molar-refractivity contribution in [3.63, 3.8) is 0 Å². The summed E-state index contributed by atoms with van der Waals surface area (Å²) >= 11 is 0. The molecule has 0 aromatic heterocycles. The van der Waals surface area contributed by atoms with Crippen LogP contribution in [0.3, 0.4) is 0 Å². The second kappa shape index (κ2) is 2.30. The molecule has 0 unspecified atom stereocenters. The Hall–Kier alpha value is 0.350. The molecule has 1 N–H and O–H groups in total. The minimum absolute atomic E-state index is 0.965. The molecule has 3 heteroatoms. The topological polar surface area (TPSA) is 21.3 Å². The van der Waals surface area contributed by atoms with Crippen molar-refractivity contribution in [2.45, 2.75) is 6.42 Å². The zero-order valence-electron chi connectivity index (χ0n) is 5.53. The second-order valence-corrected chi connectivity index (χ2v) is 6.30. The van der Waals surface area contributed by atoms with Gasteiger partial charge in [-0.25, -0.2) is 0 Å². The average molecular weight is 135 g/mol. The van der Waals surface area contributed by atoms with Gasteiger partial charge < -0.3 is 0 Å². The Labute approximate surface area is 51.1 Å². The fraction of sp³-hybridized carbons (Fsp3) is 1.00. The van der Waals surface area contributed by atoms with Crippen molar-refractivity contribution in [1.82, 2.24) is 5.09 Å². The van der Waals surface area contributed by atoms with Gasteiger partial charge in [-0.3, -0.25) is 0 Å². The van der Waals surface area contributed by atoms with Crippen LogP contribution in [0, 0.1) is 0 Å². The molecule has 8 heavy (non-hydrogen) atoms. The third kappa shape index (κ3) is 1.70. The fourth-order valence-electron chi connectivity index (χ4n) is 0.840. The van der Waals surface area contributed by atoms with Gasteiger partial charge in [-0.15, -0.1) is 0 Å². The predicted octanol–water partition coefficient (Wildman–Crippen LogP) is 0.836. The summed E-state index contributed by atoms with van der Waals surface area (Å²) in [6.07, 6.45) is 1.18. The maximum atomic E-state index is 5.49. The fourth-order valence-corrected chi connectivity index (χ4v) is 2.38. The van der Waals surface area contributed by atoms with Crippen molar-refractivity contribution < 1.29 is 4.52 Å². The monoisotopic (exact) mass is 135 g/mol. The van der Waals surface area contributed by atoms with Gasteiger partial charge >= 0.3 is 50.2 Å². The molecule has 50 valence electrons. The Morgan fingerprint density at radius 2 is 2.25 bits per heavy atom. The Morgan fingerprint density at radius 3 is 2.50 bits per heavy atom. The third-order valence-electron chi connectivity index (χ3n) is 1.33. The summed E-state index contributed by atoms with van der Waals surface area (Å²) in [5.74, 6) is 0. The zero-order chi connectivity index (χ0) is 6.04. The van der Waals surface area contributed by atoms with Crippen LogP contribution < -0.4 is 5.09 Å². The molecule has 1 fully saturated rings. The normalized spacial score (nSPS) is 31.8. The third-order valence-corrected chi connectivity index (χ3v) is 3.36. The van der Waals surface area contributed by atoms with Crippen molar-refractivity contribution in [1.29, 1.82) is 0 Å². The molecule has 1 aliphatic heterocycles. The van der Waals surface area contributed by atoms with Crippen molar-refractivity contribution >= 4 is 7.64 Å².